The zero-order valence-electron chi connectivity index (χ0n) is 12.0. The van der Waals surface area contributed by atoms with Gasteiger partial charge in [0.1, 0.15) is 6.61 Å². The van der Waals surface area contributed by atoms with Crippen LogP contribution in [0.4, 0.5) is 0 Å². The number of amides is 1. The number of carbonyl (C=O) groups excluding carboxylic acids is 1. The molecule has 0 aromatic rings. The third-order valence-corrected chi connectivity index (χ3v) is 4.35. The average Bonchev–Trinajstić information content (AvgIpc) is 2.85. The van der Waals surface area contributed by atoms with Crippen molar-refractivity contribution in [2.45, 2.75) is 63.5 Å². The van der Waals surface area contributed by atoms with Crippen molar-refractivity contribution in [2.75, 3.05) is 20.3 Å². The monoisotopic (exact) mass is 269 g/mol. The van der Waals surface area contributed by atoms with E-state index < -0.39 is 0 Å². The highest BCUT2D eigenvalue weighted by atomic mass is 16.5. The summed E-state index contributed by atoms with van der Waals surface area (Å²) in [6.45, 7) is 1.02. The molecule has 0 heterocycles. The molecule has 1 N–H and O–H groups in total. The summed E-state index contributed by atoms with van der Waals surface area (Å²) in [5.41, 5.74) is 0. The Hall–Kier alpha value is -0.610. The van der Waals surface area contributed by atoms with Gasteiger partial charge in [-0.3, -0.25) is 4.79 Å². The van der Waals surface area contributed by atoms with Crippen molar-refractivity contribution in [1.29, 1.82) is 0 Å². The molecule has 2 aliphatic carbocycles. The molecule has 2 fully saturated rings. The van der Waals surface area contributed by atoms with Gasteiger partial charge in [-0.1, -0.05) is 19.3 Å². The molecule has 0 aliphatic heterocycles. The second-order valence-corrected chi connectivity index (χ2v) is 5.91. The maximum Gasteiger partial charge on any atom is 0.246 e. The van der Waals surface area contributed by atoms with E-state index in [4.69, 9.17) is 9.47 Å². The van der Waals surface area contributed by atoms with Gasteiger partial charge in [0.25, 0.3) is 0 Å². The summed E-state index contributed by atoms with van der Waals surface area (Å²) >= 11 is 0. The minimum absolute atomic E-state index is 0.0272. The molecule has 2 atom stereocenters. The van der Waals surface area contributed by atoms with E-state index in [0.717, 1.165) is 31.8 Å². The Bertz CT molecular complexity index is 277. The maximum absolute atomic E-state index is 11.6. The summed E-state index contributed by atoms with van der Waals surface area (Å²) < 4.78 is 10.9. The van der Waals surface area contributed by atoms with E-state index in [-0.39, 0.29) is 24.7 Å². The molecule has 0 unspecified atom stereocenters. The molecule has 0 bridgehead atoms. The van der Waals surface area contributed by atoms with Crippen molar-refractivity contribution in [2.24, 2.45) is 5.92 Å². The Kier molecular flexibility index (Phi) is 6.11. The summed E-state index contributed by atoms with van der Waals surface area (Å²) in [6.07, 6.45) is 10.2. The van der Waals surface area contributed by atoms with Gasteiger partial charge < -0.3 is 14.8 Å². The fraction of sp³-hybridized carbons (Fsp3) is 0.933. The minimum Gasteiger partial charge on any atom is -0.376 e. The quantitative estimate of drug-likeness (QED) is 0.804. The van der Waals surface area contributed by atoms with Crippen LogP contribution in [0.3, 0.4) is 0 Å². The van der Waals surface area contributed by atoms with E-state index in [1.54, 1.807) is 7.11 Å². The van der Waals surface area contributed by atoms with Gasteiger partial charge in [0.2, 0.25) is 5.91 Å². The number of rotatable bonds is 6. The standard InChI is InChI=1S/C15H27NO3/c1-18-11-15(17)16-13-8-5-9-14(13)19-10-12-6-3-2-4-7-12/h12-14H,2-11H2,1H3,(H,16,17)/t13-,14-/m1/s1. The molecule has 2 aliphatic rings. The number of hydrogen-bond acceptors (Lipinski definition) is 3. The SMILES string of the molecule is COCC(=O)N[C@@H]1CCC[C@H]1OCC1CCCCC1. The van der Waals surface area contributed by atoms with E-state index in [0.29, 0.717) is 0 Å². The first kappa shape index (κ1) is 14.8. The molecular formula is C15H27NO3. The van der Waals surface area contributed by atoms with Gasteiger partial charge in [-0.2, -0.15) is 0 Å². The lowest BCUT2D eigenvalue weighted by Gasteiger charge is -2.26. The molecule has 0 aromatic heterocycles. The topological polar surface area (TPSA) is 47.6 Å². The van der Waals surface area contributed by atoms with Crippen LogP contribution in [0.2, 0.25) is 0 Å². The molecule has 110 valence electrons. The van der Waals surface area contributed by atoms with E-state index in [9.17, 15) is 4.79 Å². The van der Waals surface area contributed by atoms with Gasteiger partial charge in [-0.05, 0) is 38.0 Å². The zero-order valence-corrected chi connectivity index (χ0v) is 12.0. The molecule has 0 radical (unpaired) electrons. The number of nitrogens with one attached hydrogen (secondary N) is 1. The van der Waals surface area contributed by atoms with Crippen LogP contribution in [-0.2, 0) is 14.3 Å². The van der Waals surface area contributed by atoms with Gasteiger partial charge in [0.05, 0.1) is 12.1 Å². The van der Waals surface area contributed by atoms with Crippen LogP contribution in [0.1, 0.15) is 51.4 Å². The van der Waals surface area contributed by atoms with Crippen molar-refractivity contribution in [3.8, 4) is 0 Å². The van der Waals surface area contributed by atoms with Crippen molar-refractivity contribution >= 4 is 5.91 Å². The summed E-state index contributed by atoms with van der Waals surface area (Å²) in [5.74, 6) is 0.713. The highest BCUT2D eigenvalue weighted by Crippen LogP contribution is 2.27. The van der Waals surface area contributed by atoms with Gasteiger partial charge >= 0.3 is 0 Å². The Balaban J connectivity index is 1.70. The van der Waals surface area contributed by atoms with Crippen LogP contribution in [0.25, 0.3) is 0 Å². The van der Waals surface area contributed by atoms with Crippen molar-refractivity contribution < 1.29 is 14.3 Å². The third-order valence-electron chi connectivity index (χ3n) is 4.35. The van der Waals surface area contributed by atoms with Crippen LogP contribution in [0.15, 0.2) is 0 Å². The molecule has 1 amide bonds. The fourth-order valence-corrected chi connectivity index (χ4v) is 3.28. The Morgan fingerprint density at radius 1 is 1.11 bits per heavy atom. The Morgan fingerprint density at radius 2 is 1.89 bits per heavy atom. The number of carbonyl (C=O) groups is 1. The Labute approximate surface area is 116 Å². The molecule has 4 nitrogen and oxygen atoms in total. The predicted molar refractivity (Wildman–Crippen MR) is 74.0 cm³/mol. The molecule has 2 rings (SSSR count). The van der Waals surface area contributed by atoms with Gasteiger partial charge in [-0.25, -0.2) is 0 Å². The van der Waals surface area contributed by atoms with Crippen LogP contribution >= 0.6 is 0 Å². The smallest absolute Gasteiger partial charge is 0.246 e. The van der Waals surface area contributed by atoms with Gasteiger partial charge in [-0.15, -0.1) is 0 Å². The van der Waals surface area contributed by atoms with E-state index in [1.165, 1.54) is 32.1 Å². The fourth-order valence-electron chi connectivity index (χ4n) is 3.28. The molecule has 0 saturated heterocycles. The van der Waals surface area contributed by atoms with E-state index in [1.807, 2.05) is 0 Å². The lowest BCUT2D eigenvalue weighted by atomic mass is 9.90. The van der Waals surface area contributed by atoms with Crippen molar-refractivity contribution in [3.05, 3.63) is 0 Å². The molecule has 0 aromatic carbocycles. The first-order valence-corrected chi connectivity index (χ1v) is 7.69. The minimum atomic E-state index is -0.0272. The third kappa shape index (κ3) is 4.77. The molecular weight excluding hydrogens is 242 g/mol. The van der Waals surface area contributed by atoms with Crippen LogP contribution in [-0.4, -0.2) is 38.4 Å². The molecule has 0 spiro atoms. The zero-order chi connectivity index (χ0) is 13.5. The van der Waals surface area contributed by atoms with Crippen molar-refractivity contribution in [3.63, 3.8) is 0 Å². The van der Waals surface area contributed by atoms with Gasteiger partial charge in [0.15, 0.2) is 0 Å². The lowest BCUT2D eigenvalue weighted by molar-refractivity contribution is -0.126. The van der Waals surface area contributed by atoms with Crippen molar-refractivity contribution in [1.82, 2.24) is 5.32 Å². The predicted octanol–water partition coefficient (Wildman–Crippen LogP) is 2.27. The summed E-state index contributed by atoms with van der Waals surface area (Å²) in [7, 11) is 1.55. The molecule has 4 heteroatoms. The van der Waals surface area contributed by atoms with Gasteiger partial charge in [0, 0.05) is 13.7 Å². The lowest BCUT2D eigenvalue weighted by Crippen LogP contribution is -2.43. The first-order valence-electron chi connectivity index (χ1n) is 7.69. The summed E-state index contributed by atoms with van der Waals surface area (Å²) in [5, 5.41) is 3.03. The van der Waals surface area contributed by atoms with Crippen LogP contribution < -0.4 is 5.32 Å². The number of ether oxygens (including phenoxy) is 2. The van der Waals surface area contributed by atoms with E-state index >= 15 is 0 Å². The van der Waals surface area contributed by atoms with E-state index in [2.05, 4.69) is 5.32 Å². The van der Waals surface area contributed by atoms with Crippen LogP contribution in [0, 0.1) is 5.92 Å². The number of methoxy groups -OCH3 is 1. The normalized spacial score (nSPS) is 28.5. The molecule has 19 heavy (non-hydrogen) atoms. The first-order chi connectivity index (χ1) is 9.29. The molecule has 2 saturated carbocycles. The average molecular weight is 269 g/mol. The maximum atomic E-state index is 11.6. The summed E-state index contributed by atoms with van der Waals surface area (Å²) in [4.78, 5) is 11.6. The second-order valence-electron chi connectivity index (χ2n) is 5.91. The summed E-state index contributed by atoms with van der Waals surface area (Å²) in [6, 6.07) is 0.186. The second kappa shape index (κ2) is 7.85. The highest BCUT2D eigenvalue weighted by molar-refractivity contribution is 5.77. The highest BCUT2D eigenvalue weighted by Gasteiger charge is 2.30. The number of hydrogen-bond donors (Lipinski definition) is 1. The van der Waals surface area contributed by atoms with Crippen LogP contribution in [0.5, 0.6) is 0 Å². The largest absolute Gasteiger partial charge is 0.376 e. The Morgan fingerprint density at radius 3 is 2.63 bits per heavy atom.